The van der Waals surface area contributed by atoms with Gasteiger partial charge in [0.25, 0.3) is 0 Å². The van der Waals surface area contributed by atoms with Crippen LogP contribution in [0.15, 0.2) is 79.1 Å². The van der Waals surface area contributed by atoms with E-state index in [-0.39, 0.29) is 0 Å². The summed E-state index contributed by atoms with van der Waals surface area (Å²) in [4.78, 5) is 11.3. The second-order valence-corrected chi connectivity index (χ2v) is 7.44. The van der Waals surface area contributed by atoms with E-state index >= 15 is 0 Å². The van der Waals surface area contributed by atoms with E-state index in [1.807, 2.05) is 6.07 Å². The molecule has 0 unspecified atom stereocenters. The highest BCUT2D eigenvalue weighted by Gasteiger charge is 2.11. The molecule has 1 fully saturated rings. The second kappa shape index (κ2) is 8.51. The number of fused-ring (bicyclic) bond motifs is 1. The number of morpholine rings is 1. The molecule has 0 radical (unpaired) electrons. The number of aromatic nitrogens is 2. The van der Waals surface area contributed by atoms with Crippen molar-refractivity contribution in [2.75, 3.05) is 36.5 Å². The average Bonchev–Trinajstić information content (AvgIpc) is 2.84. The zero-order valence-electron chi connectivity index (χ0n) is 16.8. The lowest BCUT2D eigenvalue weighted by atomic mass is 10.0. The molecule has 0 aliphatic carbocycles. The molecule has 150 valence electrons. The second-order valence-electron chi connectivity index (χ2n) is 7.44. The van der Waals surface area contributed by atoms with Crippen molar-refractivity contribution in [1.82, 2.24) is 9.97 Å². The van der Waals surface area contributed by atoms with Crippen LogP contribution >= 0.6 is 0 Å². The van der Waals surface area contributed by atoms with Crippen LogP contribution in [0.5, 0.6) is 0 Å². The molecule has 5 heteroatoms. The fourth-order valence-electron chi connectivity index (χ4n) is 3.84. The van der Waals surface area contributed by atoms with Gasteiger partial charge in [-0.3, -0.25) is 0 Å². The highest BCUT2D eigenvalue weighted by atomic mass is 16.5. The minimum atomic E-state index is 0.718. The predicted octanol–water partition coefficient (Wildman–Crippen LogP) is 4.75. The lowest BCUT2D eigenvalue weighted by Gasteiger charge is -2.28. The summed E-state index contributed by atoms with van der Waals surface area (Å²) >= 11 is 0. The maximum atomic E-state index is 5.44. The Morgan fingerprint density at radius 2 is 1.63 bits per heavy atom. The van der Waals surface area contributed by atoms with E-state index in [0.29, 0.717) is 0 Å². The molecule has 30 heavy (non-hydrogen) atoms. The largest absolute Gasteiger partial charge is 0.378 e. The summed E-state index contributed by atoms with van der Waals surface area (Å²) in [7, 11) is 0. The molecule has 1 aliphatic rings. The van der Waals surface area contributed by atoms with E-state index in [0.717, 1.165) is 55.1 Å². The van der Waals surface area contributed by atoms with Crippen molar-refractivity contribution < 1.29 is 4.74 Å². The van der Waals surface area contributed by atoms with Crippen molar-refractivity contribution in [3.8, 4) is 11.1 Å². The molecule has 0 atom stereocenters. The zero-order valence-corrected chi connectivity index (χ0v) is 16.8. The van der Waals surface area contributed by atoms with Crippen LogP contribution in [-0.4, -0.2) is 36.3 Å². The molecule has 1 aromatic heterocycles. The van der Waals surface area contributed by atoms with Crippen molar-refractivity contribution in [1.29, 1.82) is 0 Å². The van der Waals surface area contributed by atoms with E-state index in [1.54, 1.807) is 6.33 Å². The van der Waals surface area contributed by atoms with Crippen LogP contribution in [0, 0.1) is 0 Å². The summed E-state index contributed by atoms with van der Waals surface area (Å²) in [6, 6.07) is 25.4. The highest BCUT2D eigenvalue weighted by molar-refractivity contribution is 5.91. The van der Waals surface area contributed by atoms with Gasteiger partial charge >= 0.3 is 0 Å². The zero-order chi connectivity index (χ0) is 20.2. The minimum Gasteiger partial charge on any atom is -0.378 e. The van der Waals surface area contributed by atoms with Gasteiger partial charge in [-0.15, -0.1) is 0 Å². The average molecular weight is 396 g/mol. The number of hydrogen-bond donors (Lipinski definition) is 1. The Kier molecular flexibility index (Phi) is 5.27. The minimum absolute atomic E-state index is 0.718. The molecule has 5 nitrogen and oxygen atoms in total. The number of benzene rings is 3. The summed E-state index contributed by atoms with van der Waals surface area (Å²) in [6.45, 7) is 4.23. The van der Waals surface area contributed by atoms with Gasteiger partial charge < -0.3 is 15.0 Å². The van der Waals surface area contributed by atoms with Gasteiger partial charge in [0.2, 0.25) is 0 Å². The summed E-state index contributed by atoms with van der Waals surface area (Å²) < 4.78 is 5.44. The van der Waals surface area contributed by atoms with Crippen LogP contribution in [0.1, 0.15) is 5.56 Å². The van der Waals surface area contributed by atoms with E-state index < -0.39 is 0 Å². The first-order valence-electron chi connectivity index (χ1n) is 10.3. The lowest BCUT2D eigenvalue weighted by Crippen LogP contribution is -2.36. The molecule has 5 rings (SSSR count). The lowest BCUT2D eigenvalue weighted by molar-refractivity contribution is 0.122. The topological polar surface area (TPSA) is 50.3 Å². The van der Waals surface area contributed by atoms with E-state index in [1.165, 1.54) is 16.8 Å². The first-order chi connectivity index (χ1) is 14.9. The van der Waals surface area contributed by atoms with Gasteiger partial charge in [0.15, 0.2) is 0 Å². The third kappa shape index (κ3) is 3.98. The van der Waals surface area contributed by atoms with Gasteiger partial charge in [-0.1, -0.05) is 48.5 Å². The normalized spacial score (nSPS) is 14.1. The molecule has 3 aromatic carbocycles. The Labute approximate surface area is 176 Å². The summed E-state index contributed by atoms with van der Waals surface area (Å²) in [5, 5.41) is 4.51. The van der Waals surface area contributed by atoms with Gasteiger partial charge in [0.1, 0.15) is 12.1 Å². The van der Waals surface area contributed by atoms with Crippen molar-refractivity contribution in [3.05, 3.63) is 84.7 Å². The van der Waals surface area contributed by atoms with Crippen LogP contribution in [0.4, 0.5) is 11.5 Å². The third-order valence-electron chi connectivity index (χ3n) is 5.52. The number of ether oxygens (including phenoxy) is 1. The quantitative estimate of drug-likeness (QED) is 0.528. The number of nitrogens with zero attached hydrogens (tertiary/aromatic N) is 3. The van der Waals surface area contributed by atoms with E-state index in [9.17, 15) is 0 Å². The Balaban J connectivity index is 1.31. The van der Waals surface area contributed by atoms with Crippen molar-refractivity contribution >= 4 is 22.4 Å². The van der Waals surface area contributed by atoms with Crippen molar-refractivity contribution in [2.24, 2.45) is 0 Å². The van der Waals surface area contributed by atoms with Gasteiger partial charge in [0.05, 0.1) is 18.7 Å². The maximum absolute atomic E-state index is 5.44. The van der Waals surface area contributed by atoms with E-state index in [4.69, 9.17) is 4.74 Å². The fraction of sp³-hybridized carbons (Fsp3) is 0.200. The number of hydrogen-bond acceptors (Lipinski definition) is 5. The fourth-order valence-corrected chi connectivity index (χ4v) is 3.84. The predicted molar refractivity (Wildman–Crippen MR) is 122 cm³/mol. The number of anilines is 2. The molecule has 1 N–H and O–H groups in total. The summed E-state index contributed by atoms with van der Waals surface area (Å²) in [6.07, 6.45) is 1.63. The molecule has 1 saturated heterocycles. The van der Waals surface area contributed by atoms with Crippen LogP contribution < -0.4 is 10.2 Å². The monoisotopic (exact) mass is 396 g/mol. The molecule has 1 aliphatic heterocycles. The van der Waals surface area contributed by atoms with Crippen molar-refractivity contribution in [3.63, 3.8) is 0 Å². The van der Waals surface area contributed by atoms with Crippen LogP contribution in [0.2, 0.25) is 0 Å². The molecule has 0 saturated carbocycles. The van der Waals surface area contributed by atoms with Gasteiger partial charge in [0, 0.05) is 30.7 Å². The van der Waals surface area contributed by atoms with Crippen LogP contribution in [-0.2, 0) is 11.3 Å². The van der Waals surface area contributed by atoms with Crippen LogP contribution in [0.3, 0.4) is 0 Å². The standard InChI is InChI=1S/C25H24N4O/c1-2-4-20(5-3-1)21-8-11-23-24(16-21)27-18-28-25(23)26-17-19-6-9-22(10-7-19)29-12-14-30-15-13-29/h1-11,16,18H,12-15,17H2,(H,26,27,28). The van der Waals surface area contributed by atoms with Crippen LogP contribution in [0.25, 0.3) is 22.0 Å². The Morgan fingerprint density at radius 3 is 2.43 bits per heavy atom. The smallest absolute Gasteiger partial charge is 0.137 e. The Hall–Kier alpha value is -3.44. The first kappa shape index (κ1) is 18.6. The Morgan fingerprint density at radius 1 is 0.833 bits per heavy atom. The third-order valence-corrected chi connectivity index (χ3v) is 5.52. The molecule has 4 aromatic rings. The summed E-state index contributed by atoms with van der Waals surface area (Å²) in [5.74, 6) is 0.858. The highest BCUT2D eigenvalue weighted by Crippen LogP contribution is 2.26. The summed E-state index contributed by atoms with van der Waals surface area (Å²) in [5.41, 5.74) is 5.76. The molecule has 0 spiro atoms. The molecule has 0 amide bonds. The van der Waals surface area contributed by atoms with Crippen molar-refractivity contribution in [2.45, 2.75) is 6.54 Å². The first-order valence-corrected chi connectivity index (χ1v) is 10.3. The molecular formula is C25H24N4O. The maximum Gasteiger partial charge on any atom is 0.137 e. The van der Waals surface area contributed by atoms with Gasteiger partial charge in [-0.05, 0) is 41.0 Å². The Bertz CT molecular complexity index is 1120. The van der Waals surface area contributed by atoms with E-state index in [2.05, 4.69) is 86.9 Å². The molecule has 0 bridgehead atoms. The SMILES string of the molecule is c1ccc(-c2ccc3c(NCc4ccc(N5CCOCC5)cc4)ncnc3c2)cc1. The molecular weight excluding hydrogens is 372 g/mol. The number of rotatable bonds is 5. The molecule has 2 heterocycles. The van der Waals surface area contributed by atoms with Gasteiger partial charge in [-0.25, -0.2) is 9.97 Å². The number of nitrogens with one attached hydrogen (secondary N) is 1. The van der Waals surface area contributed by atoms with Gasteiger partial charge in [-0.2, -0.15) is 0 Å².